The van der Waals surface area contributed by atoms with E-state index in [2.05, 4.69) is 19.2 Å². The Labute approximate surface area is 115 Å². The summed E-state index contributed by atoms with van der Waals surface area (Å²) in [6, 6.07) is 5.00. The number of nitrogens with one attached hydrogen (secondary N) is 1. The predicted molar refractivity (Wildman–Crippen MR) is 77.2 cm³/mol. The lowest BCUT2D eigenvalue weighted by Gasteiger charge is -2.30. The summed E-state index contributed by atoms with van der Waals surface area (Å²) in [5.41, 5.74) is 7.01. The van der Waals surface area contributed by atoms with Gasteiger partial charge in [0.05, 0.1) is 5.56 Å². The summed E-state index contributed by atoms with van der Waals surface area (Å²) in [6.07, 6.45) is 1.83. The van der Waals surface area contributed by atoms with E-state index >= 15 is 0 Å². The average Bonchev–Trinajstić information content (AvgIpc) is 2.43. The molecule has 1 amide bonds. The van der Waals surface area contributed by atoms with Gasteiger partial charge in [-0.3, -0.25) is 4.79 Å². The van der Waals surface area contributed by atoms with Gasteiger partial charge in [0.2, 0.25) is 0 Å². The molecule has 4 N–H and O–H groups in total. The summed E-state index contributed by atoms with van der Waals surface area (Å²) in [4.78, 5) is 12.1. The van der Waals surface area contributed by atoms with Crippen LogP contribution in [-0.2, 0) is 0 Å². The molecular weight excluding hydrogens is 240 g/mol. The lowest BCUT2D eigenvalue weighted by molar-refractivity contribution is 0.0925. The molecule has 0 radical (unpaired) electrons. The highest BCUT2D eigenvalue weighted by Crippen LogP contribution is 2.24. The second-order valence-electron chi connectivity index (χ2n) is 5.11. The minimum atomic E-state index is -0.249. The van der Waals surface area contributed by atoms with Crippen molar-refractivity contribution in [2.75, 3.05) is 13.1 Å². The normalized spacial score (nSPS) is 11.4. The maximum absolute atomic E-state index is 12.1. The van der Waals surface area contributed by atoms with E-state index in [4.69, 9.17) is 5.73 Å². The van der Waals surface area contributed by atoms with E-state index in [1.54, 1.807) is 18.2 Å². The number of phenols is 1. The molecule has 0 atom stereocenters. The Bertz CT molecular complexity index is 432. The largest absolute Gasteiger partial charge is 0.507 e. The highest BCUT2D eigenvalue weighted by atomic mass is 16.3. The second-order valence-corrected chi connectivity index (χ2v) is 5.11. The monoisotopic (exact) mass is 264 g/mol. The van der Waals surface area contributed by atoms with E-state index in [0.717, 1.165) is 18.4 Å². The molecule has 0 heterocycles. The van der Waals surface area contributed by atoms with Gasteiger partial charge in [0.1, 0.15) is 5.75 Å². The van der Waals surface area contributed by atoms with Crippen molar-refractivity contribution >= 4 is 5.91 Å². The summed E-state index contributed by atoms with van der Waals surface area (Å²) >= 11 is 0. The van der Waals surface area contributed by atoms with Crippen molar-refractivity contribution < 1.29 is 9.90 Å². The van der Waals surface area contributed by atoms with Crippen LogP contribution in [0, 0.1) is 12.3 Å². The van der Waals surface area contributed by atoms with Gasteiger partial charge in [-0.05, 0) is 43.9 Å². The molecule has 0 aromatic heterocycles. The maximum Gasteiger partial charge on any atom is 0.255 e. The summed E-state index contributed by atoms with van der Waals surface area (Å²) < 4.78 is 0. The van der Waals surface area contributed by atoms with Crippen molar-refractivity contribution in [1.82, 2.24) is 5.32 Å². The standard InChI is InChI=1S/C15H24N2O2/c1-4-15(5-2,9-16)10-17-14(19)12-8-11(3)6-7-13(12)18/h6-8,18H,4-5,9-10,16H2,1-3H3,(H,17,19). The summed E-state index contributed by atoms with van der Waals surface area (Å²) in [5.74, 6) is -0.240. The number of rotatable bonds is 6. The van der Waals surface area contributed by atoms with Crippen LogP contribution < -0.4 is 11.1 Å². The minimum Gasteiger partial charge on any atom is -0.507 e. The van der Waals surface area contributed by atoms with Crippen LogP contribution in [0.3, 0.4) is 0 Å². The molecule has 1 aromatic rings. The highest BCUT2D eigenvalue weighted by molar-refractivity contribution is 5.97. The van der Waals surface area contributed by atoms with Gasteiger partial charge in [0.15, 0.2) is 0 Å². The molecule has 19 heavy (non-hydrogen) atoms. The molecule has 0 bridgehead atoms. The summed E-state index contributed by atoms with van der Waals surface area (Å²) in [7, 11) is 0. The second kappa shape index (κ2) is 6.57. The number of nitrogens with two attached hydrogens (primary N) is 1. The van der Waals surface area contributed by atoms with Gasteiger partial charge in [-0.15, -0.1) is 0 Å². The minimum absolute atomic E-state index is 0.00875. The number of carbonyl (C=O) groups is 1. The number of benzene rings is 1. The van der Waals surface area contributed by atoms with Gasteiger partial charge in [0.25, 0.3) is 5.91 Å². The molecule has 0 aliphatic rings. The van der Waals surface area contributed by atoms with Gasteiger partial charge in [-0.25, -0.2) is 0 Å². The number of amides is 1. The third-order valence-electron chi connectivity index (χ3n) is 3.95. The lowest BCUT2D eigenvalue weighted by atomic mass is 9.82. The average molecular weight is 264 g/mol. The zero-order chi connectivity index (χ0) is 14.5. The fraction of sp³-hybridized carbons (Fsp3) is 0.533. The van der Waals surface area contributed by atoms with Crippen molar-refractivity contribution in [3.8, 4) is 5.75 Å². The van der Waals surface area contributed by atoms with Crippen molar-refractivity contribution in [1.29, 1.82) is 0 Å². The molecule has 4 heteroatoms. The number of aryl methyl sites for hydroxylation is 1. The van der Waals surface area contributed by atoms with E-state index in [0.29, 0.717) is 18.7 Å². The Kier molecular flexibility index (Phi) is 5.36. The Hall–Kier alpha value is -1.55. The Morgan fingerprint density at radius 3 is 2.53 bits per heavy atom. The zero-order valence-corrected chi connectivity index (χ0v) is 12.0. The SMILES string of the molecule is CCC(CC)(CN)CNC(=O)c1cc(C)ccc1O. The smallest absolute Gasteiger partial charge is 0.255 e. The topological polar surface area (TPSA) is 75.3 Å². The first kappa shape index (κ1) is 15.5. The lowest BCUT2D eigenvalue weighted by Crippen LogP contribution is -2.41. The van der Waals surface area contributed by atoms with Crippen LogP contribution in [0.5, 0.6) is 5.75 Å². The highest BCUT2D eigenvalue weighted by Gasteiger charge is 2.25. The van der Waals surface area contributed by atoms with Crippen molar-refractivity contribution in [2.24, 2.45) is 11.1 Å². The number of phenolic OH excluding ortho intramolecular Hbond substituents is 1. The Morgan fingerprint density at radius 2 is 2.00 bits per heavy atom. The molecule has 0 aliphatic carbocycles. The van der Waals surface area contributed by atoms with E-state index in [9.17, 15) is 9.90 Å². The van der Waals surface area contributed by atoms with Crippen LogP contribution in [-0.4, -0.2) is 24.1 Å². The number of aromatic hydroxyl groups is 1. The van der Waals surface area contributed by atoms with Crippen LogP contribution in [0.1, 0.15) is 42.6 Å². The van der Waals surface area contributed by atoms with Crippen LogP contribution in [0.15, 0.2) is 18.2 Å². The molecular formula is C15H24N2O2. The van der Waals surface area contributed by atoms with Crippen molar-refractivity contribution in [3.05, 3.63) is 29.3 Å². The van der Waals surface area contributed by atoms with Gasteiger partial charge in [-0.1, -0.05) is 25.5 Å². The van der Waals surface area contributed by atoms with Crippen LogP contribution in [0.2, 0.25) is 0 Å². The Morgan fingerprint density at radius 1 is 1.37 bits per heavy atom. The maximum atomic E-state index is 12.1. The fourth-order valence-electron chi connectivity index (χ4n) is 2.06. The van der Waals surface area contributed by atoms with E-state index in [1.165, 1.54) is 0 Å². The van der Waals surface area contributed by atoms with Gasteiger partial charge < -0.3 is 16.2 Å². The summed E-state index contributed by atoms with van der Waals surface area (Å²) in [6.45, 7) is 7.11. The summed E-state index contributed by atoms with van der Waals surface area (Å²) in [5, 5.41) is 12.6. The number of carbonyl (C=O) groups excluding carboxylic acids is 1. The molecule has 0 saturated carbocycles. The first-order valence-electron chi connectivity index (χ1n) is 6.76. The number of hydrogen-bond donors (Lipinski definition) is 3. The quantitative estimate of drug-likeness (QED) is 0.737. The zero-order valence-electron chi connectivity index (χ0n) is 12.0. The molecule has 0 unspecified atom stereocenters. The molecule has 0 spiro atoms. The first-order chi connectivity index (χ1) is 8.98. The molecule has 0 aliphatic heterocycles. The molecule has 0 fully saturated rings. The Balaban J connectivity index is 2.77. The third kappa shape index (κ3) is 3.70. The molecule has 1 rings (SSSR count). The third-order valence-corrected chi connectivity index (χ3v) is 3.95. The fourth-order valence-corrected chi connectivity index (χ4v) is 2.06. The molecule has 106 valence electrons. The predicted octanol–water partition coefficient (Wildman–Crippen LogP) is 2.20. The number of hydrogen-bond acceptors (Lipinski definition) is 3. The van der Waals surface area contributed by atoms with Gasteiger partial charge in [0, 0.05) is 6.54 Å². The van der Waals surface area contributed by atoms with Gasteiger partial charge >= 0.3 is 0 Å². The van der Waals surface area contributed by atoms with Crippen molar-refractivity contribution in [3.63, 3.8) is 0 Å². The van der Waals surface area contributed by atoms with Crippen LogP contribution in [0.25, 0.3) is 0 Å². The molecule has 0 saturated heterocycles. The van der Waals surface area contributed by atoms with E-state index < -0.39 is 0 Å². The van der Waals surface area contributed by atoms with Gasteiger partial charge in [-0.2, -0.15) is 0 Å². The van der Waals surface area contributed by atoms with E-state index in [-0.39, 0.29) is 17.1 Å². The molecule has 4 nitrogen and oxygen atoms in total. The molecule has 1 aromatic carbocycles. The van der Waals surface area contributed by atoms with Crippen LogP contribution in [0.4, 0.5) is 0 Å². The van der Waals surface area contributed by atoms with E-state index in [1.807, 2.05) is 6.92 Å². The first-order valence-corrected chi connectivity index (χ1v) is 6.76. The van der Waals surface area contributed by atoms with Crippen LogP contribution >= 0.6 is 0 Å². The van der Waals surface area contributed by atoms with Crippen molar-refractivity contribution in [2.45, 2.75) is 33.6 Å².